The fourth-order valence-electron chi connectivity index (χ4n) is 1.85. The molecular formula is C15H14N2O3. The highest BCUT2D eigenvalue weighted by Crippen LogP contribution is 2.25. The van der Waals surface area contributed by atoms with E-state index in [9.17, 15) is 14.7 Å². The van der Waals surface area contributed by atoms with E-state index in [-0.39, 0.29) is 11.3 Å². The van der Waals surface area contributed by atoms with Gasteiger partial charge in [-0.15, -0.1) is 0 Å². The minimum atomic E-state index is -0.753. The third-order valence-corrected chi connectivity index (χ3v) is 2.86. The lowest BCUT2D eigenvalue weighted by atomic mass is 10.1. The van der Waals surface area contributed by atoms with Gasteiger partial charge in [-0.3, -0.25) is 9.59 Å². The molecule has 0 fully saturated rings. The van der Waals surface area contributed by atoms with Crippen molar-refractivity contribution in [1.29, 1.82) is 0 Å². The summed E-state index contributed by atoms with van der Waals surface area (Å²) in [4.78, 5) is 23.7. The Balaban J connectivity index is 2.44. The van der Waals surface area contributed by atoms with Crippen LogP contribution in [0.15, 0.2) is 48.6 Å². The predicted octanol–water partition coefficient (Wildman–Crippen LogP) is 1.96. The fraction of sp³-hybridized carbons (Fsp3) is 0.0667. The lowest BCUT2D eigenvalue weighted by Gasteiger charge is -2.14. The molecule has 2 aromatic carbocycles. The van der Waals surface area contributed by atoms with Crippen LogP contribution < -0.4 is 5.84 Å². The second-order valence-corrected chi connectivity index (χ2v) is 4.23. The molecule has 0 aliphatic rings. The summed E-state index contributed by atoms with van der Waals surface area (Å²) in [5, 5.41) is 12.0. The quantitative estimate of drug-likeness (QED) is 0.378. The Morgan fingerprint density at radius 2 is 1.80 bits per heavy atom. The van der Waals surface area contributed by atoms with Crippen molar-refractivity contribution in [3.05, 3.63) is 54.1 Å². The summed E-state index contributed by atoms with van der Waals surface area (Å²) in [6, 6.07) is 10.2. The number of carbonyl (C=O) groups excluding carboxylic acids is 2. The summed E-state index contributed by atoms with van der Waals surface area (Å²) in [5.74, 6) is 3.85. The molecule has 3 N–H and O–H groups in total. The maximum Gasteiger partial charge on any atom is 0.278 e. The Morgan fingerprint density at radius 3 is 2.40 bits per heavy atom. The van der Waals surface area contributed by atoms with E-state index in [1.165, 1.54) is 24.3 Å². The van der Waals surface area contributed by atoms with Gasteiger partial charge in [0.15, 0.2) is 0 Å². The summed E-state index contributed by atoms with van der Waals surface area (Å²) < 4.78 is 0. The summed E-state index contributed by atoms with van der Waals surface area (Å²) in [7, 11) is 0. The van der Waals surface area contributed by atoms with Crippen LogP contribution in [-0.4, -0.2) is 21.9 Å². The molecule has 0 unspecified atom stereocenters. The number of rotatable bonds is 2. The van der Waals surface area contributed by atoms with Crippen molar-refractivity contribution >= 4 is 22.6 Å². The van der Waals surface area contributed by atoms with Gasteiger partial charge in [0.25, 0.3) is 11.8 Å². The number of phenols is 1. The van der Waals surface area contributed by atoms with E-state index in [2.05, 4.69) is 0 Å². The molecule has 0 spiro atoms. The van der Waals surface area contributed by atoms with Gasteiger partial charge in [0.05, 0.1) is 5.56 Å². The van der Waals surface area contributed by atoms with Gasteiger partial charge in [-0.1, -0.05) is 30.3 Å². The highest BCUT2D eigenvalue weighted by Gasteiger charge is 2.21. The maximum absolute atomic E-state index is 12.1. The summed E-state index contributed by atoms with van der Waals surface area (Å²) in [6.45, 7) is 1.64. The molecule has 5 nitrogen and oxygen atoms in total. The zero-order valence-electron chi connectivity index (χ0n) is 10.9. The van der Waals surface area contributed by atoms with Crippen LogP contribution in [0.3, 0.4) is 0 Å². The number of phenolic OH excluding ortho intramolecular Hbond substituents is 1. The first kappa shape index (κ1) is 13.8. The molecule has 2 amide bonds. The lowest BCUT2D eigenvalue weighted by Crippen LogP contribution is -2.41. The molecule has 2 aromatic rings. The highest BCUT2D eigenvalue weighted by atomic mass is 16.3. The molecule has 102 valence electrons. The van der Waals surface area contributed by atoms with E-state index < -0.39 is 11.8 Å². The number of hydrogen-bond acceptors (Lipinski definition) is 4. The lowest BCUT2D eigenvalue weighted by molar-refractivity contribution is -0.123. The molecule has 0 radical (unpaired) electrons. The van der Waals surface area contributed by atoms with Crippen molar-refractivity contribution < 1.29 is 14.7 Å². The Bertz CT molecular complexity index is 707. The Hall–Kier alpha value is -2.66. The highest BCUT2D eigenvalue weighted by molar-refractivity contribution is 6.10. The van der Waals surface area contributed by atoms with Gasteiger partial charge in [-0.05, 0) is 29.8 Å². The molecular weight excluding hydrogens is 256 g/mol. The van der Waals surface area contributed by atoms with Crippen molar-refractivity contribution in [2.45, 2.75) is 6.92 Å². The van der Waals surface area contributed by atoms with Crippen molar-refractivity contribution in [3.63, 3.8) is 0 Å². The van der Waals surface area contributed by atoms with Crippen LogP contribution in [0.25, 0.3) is 10.8 Å². The molecule has 0 atom stereocenters. The second kappa shape index (κ2) is 5.54. The van der Waals surface area contributed by atoms with Crippen LogP contribution >= 0.6 is 0 Å². The fourth-order valence-corrected chi connectivity index (χ4v) is 1.85. The third-order valence-electron chi connectivity index (χ3n) is 2.86. The standard InChI is InChI=1S/C15H14N2O3/c1-2-5-14(19)17(16)15(20)12-8-10-6-3-4-7-11(10)9-13(12)18/h2-9,18H,16H2,1H3/b5-2-. The van der Waals surface area contributed by atoms with Crippen LogP contribution in [0.4, 0.5) is 0 Å². The van der Waals surface area contributed by atoms with Gasteiger partial charge >= 0.3 is 0 Å². The van der Waals surface area contributed by atoms with Crippen LogP contribution in [0.5, 0.6) is 5.75 Å². The topological polar surface area (TPSA) is 83.6 Å². The molecule has 20 heavy (non-hydrogen) atoms. The number of amides is 2. The van der Waals surface area contributed by atoms with Crippen molar-refractivity contribution in [1.82, 2.24) is 5.01 Å². The smallest absolute Gasteiger partial charge is 0.278 e. The number of nitrogens with two attached hydrogens (primary N) is 1. The van der Waals surface area contributed by atoms with E-state index in [0.717, 1.165) is 10.8 Å². The van der Waals surface area contributed by atoms with Crippen LogP contribution in [0, 0.1) is 0 Å². The number of carbonyl (C=O) groups is 2. The van der Waals surface area contributed by atoms with Gasteiger partial charge in [-0.2, -0.15) is 0 Å². The third kappa shape index (κ3) is 2.53. The minimum absolute atomic E-state index is 0.0101. The van der Waals surface area contributed by atoms with Gasteiger partial charge in [0.1, 0.15) is 5.75 Å². The molecule has 5 heteroatoms. The molecule has 0 saturated carbocycles. The molecule has 0 aromatic heterocycles. The van der Waals surface area contributed by atoms with E-state index in [1.807, 2.05) is 18.2 Å². The van der Waals surface area contributed by atoms with Crippen LogP contribution in [0.2, 0.25) is 0 Å². The molecule has 0 bridgehead atoms. The number of hydrogen-bond donors (Lipinski definition) is 2. The Morgan fingerprint density at radius 1 is 1.20 bits per heavy atom. The number of hydrazine groups is 1. The van der Waals surface area contributed by atoms with Gasteiger partial charge in [-0.25, -0.2) is 10.9 Å². The average Bonchev–Trinajstić information content (AvgIpc) is 2.45. The molecule has 0 heterocycles. The number of imide groups is 1. The van der Waals surface area contributed by atoms with Crippen molar-refractivity contribution in [2.24, 2.45) is 5.84 Å². The minimum Gasteiger partial charge on any atom is -0.507 e. The number of aromatic hydroxyl groups is 1. The molecule has 0 saturated heterocycles. The summed E-state index contributed by atoms with van der Waals surface area (Å²) >= 11 is 0. The largest absolute Gasteiger partial charge is 0.507 e. The first-order valence-electron chi connectivity index (χ1n) is 6.02. The molecule has 2 rings (SSSR count). The number of fused-ring (bicyclic) bond motifs is 1. The zero-order chi connectivity index (χ0) is 14.7. The Labute approximate surface area is 115 Å². The first-order valence-corrected chi connectivity index (χ1v) is 6.02. The number of allylic oxidation sites excluding steroid dienone is 1. The zero-order valence-corrected chi connectivity index (χ0v) is 10.9. The second-order valence-electron chi connectivity index (χ2n) is 4.23. The van der Waals surface area contributed by atoms with Crippen LogP contribution in [0.1, 0.15) is 17.3 Å². The van der Waals surface area contributed by atoms with E-state index >= 15 is 0 Å². The Kier molecular flexibility index (Phi) is 3.81. The SMILES string of the molecule is C/C=C\C(=O)N(N)C(=O)c1cc2ccccc2cc1O. The van der Waals surface area contributed by atoms with Crippen molar-refractivity contribution in [3.8, 4) is 5.75 Å². The summed E-state index contributed by atoms with van der Waals surface area (Å²) in [5.41, 5.74) is -0.0101. The van der Waals surface area contributed by atoms with Crippen LogP contribution in [-0.2, 0) is 4.79 Å². The summed E-state index contributed by atoms with van der Waals surface area (Å²) in [6.07, 6.45) is 2.66. The van der Waals surface area contributed by atoms with E-state index in [1.54, 1.807) is 13.0 Å². The van der Waals surface area contributed by atoms with Gasteiger partial charge in [0.2, 0.25) is 0 Å². The predicted molar refractivity (Wildman–Crippen MR) is 75.8 cm³/mol. The number of nitrogens with zero attached hydrogens (tertiary/aromatic N) is 1. The normalized spacial score (nSPS) is 10.9. The number of benzene rings is 2. The maximum atomic E-state index is 12.1. The van der Waals surface area contributed by atoms with Gasteiger partial charge < -0.3 is 5.11 Å². The average molecular weight is 270 g/mol. The molecule has 0 aliphatic heterocycles. The van der Waals surface area contributed by atoms with Gasteiger partial charge in [0, 0.05) is 6.08 Å². The molecule has 0 aliphatic carbocycles. The van der Waals surface area contributed by atoms with Crippen molar-refractivity contribution in [2.75, 3.05) is 0 Å². The first-order chi connectivity index (χ1) is 9.54. The monoisotopic (exact) mass is 270 g/mol. The van der Waals surface area contributed by atoms with E-state index in [4.69, 9.17) is 5.84 Å². The van der Waals surface area contributed by atoms with E-state index in [0.29, 0.717) is 5.01 Å².